The Hall–Kier alpha value is -1.34. The lowest BCUT2D eigenvalue weighted by Crippen LogP contribution is -2.13. The Morgan fingerprint density at radius 1 is 1.38 bits per heavy atom. The summed E-state index contributed by atoms with van der Waals surface area (Å²) in [6.45, 7) is -0.408. The fraction of sp³-hybridized carbons (Fsp3) is 0.444. The third-order valence-corrected chi connectivity index (χ3v) is 1.78. The van der Waals surface area contributed by atoms with Crippen molar-refractivity contribution >= 4 is 0 Å². The molecule has 0 atom stereocenters. The molecule has 0 fully saturated rings. The van der Waals surface area contributed by atoms with E-state index in [1.807, 2.05) is 0 Å². The number of aliphatic hydroxyl groups excluding tert-OH is 1. The van der Waals surface area contributed by atoms with E-state index in [0.29, 0.717) is 5.56 Å². The summed E-state index contributed by atoms with van der Waals surface area (Å²) in [4.78, 5) is 3.31. The Kier molecular flexibility index (Phi) is 4.08. The molecule has 16 heavy (non-hydrogen) atoms. The van der Waals surface area contributed by atoms with Crippen LogP contribution in [-0.4, -0.2) is 23.3 Å². The Morgan fingerprint density at radius 3 is 2.56 bits per heavy atom. The van der Waals surface area contributed by atoms with Crippen LogP contribution in [0.5, 0.6) is 5.88 Å². The van der Waals surface area contributed by atoms with Gasteiger partial charge in [0.25, 0.3) is 0 Å². The largest absolute Gasteiger partial charge is 0.475 e. The second kappa shape index (κ2) is 5.13. The Bertz CT molecular complexity index is 355. The van der Waals surface area contributed by atoms with Crippen molar-refractivity contribution in [2.45, 2.75) is 12.7 Å². The first-order chi connectivity index (χ1) is 7.49. The number of halogens is 3. The third-order valence-electron chi connectivity index (χ3n) is 1.78. The molecule has 0 unspecified atom stereocenters. The van der Waals surface area contributed by atoms with Crippen molar-refractivity contribution in [1.82, 2.24) is 4.98 Å². The zero-order valence-electron chi connectivity index (χ0n) is 8.29. The lowest BCUT2D eigenvalue weighted by molar-refractivity contribution is -0.141. The summed E-state index contributed by atoms with van der Waals surface area (Å²) >= 11 is 0. The van der Waals surface area contributed by atoms with E-state index < -0.39 is 11.9 Å². The number of nitrogens with zero attached hydrogens (tertiary/aromatic N) is 1. The van der Waals surface area contributed by atoms with Crippen molar-refractivity contribution in [3.8, 4) is 5.88 Å². The van der Waals surface area contributed by atoms with E-state index in [0.717, 1.165) is 6.07 Å². The predicted molar refractivity (Wildman–Crippen MR) is 49.7 cm³/mol. The average Bonchev–Trinajstić information content (AvgIpc) is 2.24. The molecule has 0 spiro atoms. The molecule has 1 aromatic rings. The molecule has 90 valence electrons. The molecular weight excluding hydrogens is 225 g/mol. The van der Waals surface area contributed by atoms with E-state index in [4.69, 9.17) is 15.6 Å². The second-order valence-electron chi connectivity index (χ2n) is 2.93. The SMILES string of the molecule is NCc1ccc(C(F)(F)F)nc1OCCO. The monoisotopic (exact) mass is 236 g/mol. The van der Waals surface area contributed by atoms with Crippen LogP contribution in [0, 0.1) is 0 Å². The number of aromatic nitrogens is 1. The number of alkyl halides is 3. The summed E-state index contributed by atoms with van der Waals surface area (Å²) in [5.41, 5.74) is 4.64. The predicted octanol–water partition coefficient (Wildman–Crippen LogP) is 0.930. The third kappa shape index (κ3) is 3.07. The zero-order chi connectivity index (χ0) is 12.2. The van der Waals surface area contributed by atoms with Gasteiger partial charge in [-0.15, -0.1) is 0 Å². The Morgan fingerprint density at radius 2 is 2.06 bits per heavy atom. The summed E-state index contributed by atoms with van der Waals surface area (Å²) in [6.07, 6.45) is -4.52. The summed E-state index contributed by atoms with van der Waals surface area (Å²) in [5.74, 6) is -0.189. The lowest BCUT2D eigenvalue weighted by Gasteiger charge is -2.11. The first-order valence-corrected chi connectivity index (χ1v) is 4.50. The molecule has 0 aliphatic heterocycles. The maximum Gasteiger partial charge on any atom is 0.433 e. The van der Waals surface area contributed by atoms with Crippen molar-refractivity contribution in [3.63, 3.8) is 0 Å². The van der Waals surface area contributed by atoms with Gasteiger partial charge in [0.15, 0.2) is 0 Å². The standard InChI is InChI=1S/C9H11F3N2O2/c10-9(11,12)7-2-1-6(5-13)8(14-7)16-4-3-15/h1-2,15H,3-5,13H2. The highest BCUT2D eigenvalue weighted by molar-refractivity contribution is 5.29. The molecule has 0 amide bonds. The molecule has 4 nitrogen and oxygen atoms in total. The van der Waals surface area contributed by atoms with Gasteiger partial charge in [0.1, 0.15) is 12.3 Å². The molecule has 0 aromatic carbocycles. The number of ether oxygens (including phenoxy) is 1. The van der Waals surface area contributed by atoms with Gasteiger partial charge < -0.3 is 15.6 Å². The summed E-state index contributed by atoms with van der Waals surface area (Å²) in [5, 5.41) is 8.51. The van der Waals surface area contributed by atoms with Crippen LogP contribution in [0.15, 0.2) is 12.1 Å². The maximum atomic E-state index is 12.3. The number of pyridine rings is 1. The van der Waals surface area contributed by atoms with Crippen molar-refractivity contribution in [1.29, 1.82) is 0 Å². The number of rotatable bonds is 4. The molecule has 0 saturated carbocycles. The normalized spacial score (nSPS) is 11.6. The molecule has 0 radical (unpaired) electrons. The number of hydrogen-bond acceptors (Lipinski definition) is 4. The molecule has 1 rings (SSSR count). The van der Waals surface area contributed by atoms with Gasteiger partial charge in [-0.1, -0.05) is 6.07 Å². The number of nitrogens with two attached hydrogens (primary N) is 1. The van der Waals surface area contributed by atoms with Crippen molar-refractivity contribution in [2.24, 2.45) is 5.73 Å². The lowest BCUT2D eigenvalue weighted by atomic mass is 10.2. The zero-order valence-corrected chi connectivity index (χ0v) is 8.29. The first kappa shape index (κ1) is 12.7. The minimum atomic E-state index is -4.52. The van der Waals surface area contributed by atoms with Crippen LogP contribution in [0.25, 0.3) is 0 Å². The molecule has 7 heteroatoms. The van der Waals surface area contributed by atoms with Crippen molar-refractivity contribution < 1.29 is 23.0 Å². The van der Waals surface area contributed by atoms with Gasteiger partial charge in [-0.2, -0.15) is 13.2 Å². The Labute approximate surface area is 89.9 Å². The Balaban J connectivity index is 3.01. The fourth-order valence-corrected chi connectivity index (χ4v) is 1.05. The van der Waals surface area contributed by atoms with Crippen LogP contribution >= 0.6 is 0 Å². The molecule has 1 aromatic heterocycles. The topological polar surface area (TPSA) is 68.4 Å². The van der Waals surface area contributed by atoms with Crippen LogP contribution in [0.1, 0.15) is 11.3 Å². The fourth-order valence-electron chi connectivity index (χ4n) is 1.05. The van der Waals surface area contributed by atoms with Crippen LogP contribution in [0.2, 0.25) is 0 Å². The second-order valence-corrected chi connectivity index (χ2v) is 2.93. The van der Waals surface area contributed by atoms with E-state index in [9.17, 15) is 13.2 Å². The van der Waals surface area contributed by atoms with Crippen LogP contribution in [0.4, 0.5) is 13.2 Å². The van der Waals surface area contributed by atoms with Crippen LogP contribution < -0.4 is 10.5 Å². The maximum absolute atomic E-state index is 12.3. The van der Waals surface area contributed by atoms with Gasteiger partial charge in [-0.05, 0) is 6.07 Å². The van der Waals surface area contributed by atoms with E-state index in [1.165, 1.54) is 6.07 Å². The van der Waals surface area contributed by atoms with Gasteiger partial charge in [0.2, 0.25) is 5.88 Å². The van der Waals surface area contributed by atoms with Gasteiger partial charge in [0, 0.05) is 12.1 Å². The molecule has 0 saturated heterocycles. The van der Waals surface area contributed by atoms with E-state index >= 15 is 0 Å². The van der Waals surface area contributed by atoms with Crippen LogP contribution in [-0.2, 0) is 12.7 Å². The summed E-state index contributed by atoms with van der Waals surface area (Å²) in [6, 6.07) is 2.05. The summed E-state index contributed by atoms with van der Waals surface area (Å²) < 4.78 is 41.9. The van der Waals surface area contributed by atoms with Crippen molar-refractivity contribution in [3.05, 3.63) is 23.4 Å². The van der Waals surface area contributed by atoms with Crippen molar-refractivity contribution in [2.75, 3.05) is 13.2 Å². The van der Waals surface area contributed by atoms with E-state index in [2.05, 4.69) is 4.98 Å². The smallest absolute Gasteiger partial charge is 0.433 e. The molecule has 1 heterocycles. The highest BCUT2D eigenvalue weighted by atomic mass is 19.4. The first-order valence-electron chi connectivity index (χ1n) is 4.50. The van der Waals surface area contributed by atoms with Gasteiger partial charge in [-0.3, -0.25) is 0 Å². The minimum absolute atomic E-state index is 0.0197. The van der Waals surface area contributed by atoms with Gasteiger partial charge >= 0.3 is 6.18 Å². The summed E-state index contributed by atoms with van der Waals surface area (Å²) in [7, 11) is 0. The minimum Gasteiger partial charge on any atom is -0.475 e. The average molecular weight is 236 g/mol. The number of aliphatic hydroxyl groups is 1. The molecule has 0 aliphatic carbocycles. The molecule has 3 N–H and O–H groups in total. The quantitative estimate of drug-likeness (QED) is 0.816. The highest BCUT2D eigenvalue weighted by Gasteiger charge is 2.33. The van der Waals surface area contributed by atoms with Gasteiger partial charge in [0.05, 0.1) is 6.61 Å². The van der Waals surface area contributed by atoms with E-state index in [1.54, 1.807) is 0 Å². The molecular formula is C9H11F3N2O2. The van der Waals surface area contributed by atoms with E-state index in [-0.39, 0.29) is 25.6 Å². The van der Waals surface area contributed by atoms with Crippen LogP contribution in [0.3, 0.4) is 0 Å². The highest BCUT2D eigenvalue weighted by Crippen LogP contribution is 2.30. The van der Waals surface area contributed by atoms with Gasteiger partial charge in [-0.25, -0.2) is 4.98 Å². The molecule has 0 aliphatic rings. The number of hydrogen-bond donors (Lipinski definition) is 2. The molecule has 0 bridgehead atoms.